The number of halogens is 2. The lowest BCUT2D eigenvalue weighted by Gasteiger charge is -2.30. The van der Waals surface area contributed by atoms with Crippen LogP contribution in [-0.4, -0.2) is 39.9 Å². The molecule has 32 heavy (non-hydrogen) atoms. The maximum absolute atomic E-state index is 14.0. The van der Waals surface area contributed by atoms with E-state index in [1.165, 1.54) is 19.1 Å². The van der Waals surface area contributed by atoms with E-state index in [9.17, 15) is 14.0 Å². The molecule has 0 atom stereocenters. The molecule has 166 valence electrons. The minimum absolute atomic E-state index is 0.0519. The number of nitrogens with zero attached hydrogens (tertiary/aromatic N) is 3. The van der Waals surface area contributed by atoms with E-state index in [0.29, 0.717) is 43.3 Å². The Morgan fingerprint density at radius 3 is 2.56 bits per heavy atom. The predicted octanol–water partition coefficient (Wildman–Crippen LogP) is 4.44. The summed E-state index contributed by atoms with van der Waals surface area (Å²) in [4.78, 5) is 30.0. The van der Waals surface area contributed by atoms with Crippen LogP contribution in [0.15, 0.2) is 47.0 Å². The first-order valence-electron chi connectivity index (χ1n) is 10.3. The predicted molar refractivity (Wildman–Crippen MR) is 118 cm³/mol. The Hall–Kier alpha value is -3.26. The highest BCUT2D eigenvalue weighted by molar-refractivity contribution is 6.31. The second-order valence-corrected chi connectivity index (χ2v) is 8.15. The van der Waals surface area contributed by atoms with Crippen LogP contribution < -0.4 is 5.32 Å². The van der Waals surface area contributed by atoms with Gasteiger partial charge in [-0.15, -0.1) is 0 Å². The molecule has 2 amide bonds. The average molecular weight is 457 g/mol. The molecular weight excluding hydrogens is 435 g/mol. The number of rotatable bonds is 5. The first kappa shape index (κ1) is 22.0. The average Bonchev–Trinajstić information content (AvgIpc) is 3.27. The number of hydrogen-bond acceptors (Lipinski definition) is 5. The van der Waals surface area contributed by atoms with Crippen LogP contribution in [0.25, 0.3) is 11.4 Å². The Bertz CT molecular complexity index is 1100. The van der Waals surface area contributed by atoms with E-state index in [1.54, 1.807) is 23.1 Å². The third kappa shape index (κ3) is 4.96. The first-order valence-corrected chi connectivity index (χ1v) is 10.7. The zero-order chi connectivity index (χ0) is 22.7. The van der Waals surface area contributed by atoms with Crippen LogP contribution in [0.1, 0.15) is 37.1 Å². The fourth-order valence-electron chi connectivity index (χ4n) is 3.76. The van der Waals surface area contributed by atoms with Crippen LogP contribution in [0.2, 0.25) is 5.02 Å². The molecule has 0 radical (unpaired) electrons. The Morgan fingerprint density at radius 1 is 1.19 bits per heavy atom. The number of nitrogens with one attached hydrogen (secondary N) is 1. The van der Waals surface area contributed by atoms with Gasteiger partial charge in [-0.3, -0.25) is 9.59 Å². The third-order valence-corrected chi connectivity index (χ3v) is 5.85. The van der Waals surface area contributed by atoms with Gasteiger partial charge in [0, 0.05) is 47.8 Å². The number of hydrogen-bond donors (Lipinski definition) is 1. The second kappa shape index (κ2) is 9.48. The van der Waals surface area contributed by atoms with Crippen molar-refractivity contribution in [3.8, 4) is 11.4 Å². The van der Waals surface area contributed by atoms with Crippen LogP contribution in [-0.2, 0) is 16.0 Å². The summed E-state index contributed by atoms with van der Waals surface area (Å²) in [5.74, 6) is 0.305. The lowest BCUT2D eigenvalue weighted by Crippen LogP contribution is -2.39. The van der Waals surface area contributed by atoms with Crippen molar-refractivity contribution in [3.05, 3.63) is 64.8 Å². The summed E-state index contributed by atoms with van der Waals surface area (Å²) in [6.07, 6.45) is 1.30. The zero-order valence-electron chi connectivity index (χ0n) is 17.5. The molecule has 2 aromatic carbocycles. The summed E-state index contributed by atoms with van der Waals surface area (Å²) in [6.45, 7) is 2.50. The number of carbonyl (C=O) groups is 2. The Labute approximate surface area is 189 Å². The van der Waals surface area contributed by atoms with Gasteiger partial charge in [-0.2, -0.15) is 4.98 Å². The lowest BCUT2D eigenvalue weighted by molar-refractivity contribution is -0.131. The highest BCUT2D eigenvalue weighted by atomic mass is 35.5. The summed E-state index contributed by atoms with van der Waals surface area (Å²) < 4.78 is 19.5. The molecule has 1 saturated heterocycles. The van der Waals surface area contributed by atoms with Crippen LogP contribution in [0.4, 0.5) is 10.1 Å². The molecule has 3 aromatic rings. The van der Waals surface area contributed by atoms with Crippen LogP contribution in [0.5, 0.6) is 0 Å². The van der Waals surface area contributed by atoms with Gasteiger partial charge < -0.3 is 14.7 Å². The van der Waals surface area contributed by atoms with E-state index in [4.69, 9.17) is 16.1 Å². The largest absolute Gasteiger partial charge is 0.342 e. The van der Waals surface area contributed by atoms with Gasteiger partial charge in [-0.25, -0.2) is 4.39 Å². The summed E-state index contributed by atoms with van der Waals surface area (Å²) in [5.41, 5.74) is 1.70. The SMILES string of the molecule is CC(=O)Nc1ccc(-c2noc(C3CCN(C(=O)Cc4c(F)cccc4Cl)CC3)n2)cc1. The maximum atomic E-state index is 14.0. The van der Waals surface area contributed by atoms with Crippen molar-refractivity contribution in [2.45, 2.75) is 32.1 Å². The molecule has 9 heteroatoms. The van der Waals surface area contributed by atoms with Crippen LogP contribution in [0.3, 0.4) is 0 Å². The number of piperidine rings is 1. The summed E-state index contributed by atoms with van der Waals surface area (Å²) in [6, 6.07) is 11.6. The van der Waals surface area contributed by atoms with Crippen molar-refractivity contribution in [3.63, 3.8) is 0 Å². The molecule has 1 aromatic heterocycles. The Morgan fingerprint density at radius 2 is 1.91 bits per heavy atom. The second-order valence-electron chi connectivity index (χ2n) is 7.75. The number of amides is 2. The highest BCUT2D eigenvalue weighted by Gasteiger charge is 2.28. The highest BCUT2D eigenvalue weighted by Crippen LogP contribution is 2.29. The van der Waals surface area contributed by atoms with Gasteiger partial charge in [0.05, 0.1) is 6.42 Å². The van der Waals surface area contributed by atoms with Crippen molar-refractivity contribution in [2.24, 2.45) is 0 Å². The van der Waals surface area contributed by atoms with E-state index in [0.717, 1.165) is 5.56 Å². The zero-order valence-corrected chi connectivity index (χ0v) is 18.2. The van der Waals surface area contributed by atoms with Gasteiger partial charge in [0.15, 0.2) is 0 Å². The normalized spacial score (nSPS) is 14.4. The van der Waals surface area contributed by atoms with Gasteiger partial charge in [0.2, 0.25) is 23.5 Å². The molecule has 1 aliphatic heterocycles. The van der Waals surface area contributed by atoms with Gasteiger partial charge in [-0.05, 0) is 49.2 Å². The first-order chi connectivity index (χ1) is 15.4. The van der Waals surface area contributed by atoms with Gasteiger partial charge >= 0.3 is 0 Å². The Kier molecular flexibility index (Phi) is 6.50. The molecule has 1 aliphatic rings. The molecule has 4 rings (SSSR count). The van der Waals surface area contributed by atoms with E-state index in [-0.39, 0.29) is 34.7 Å². The van der Waals surface area contributed by atoms with Crippen molar-refractivity contribution in [1.29, 1.82) is 0 Å². The van der Waals surface area contributed by atoms with E-state index in [2.05, 4.69) is 15.5 Å². The molecule has 0 saturated carbocycles. The van der Waals surface area contributed by atoms with Crippen molar-refractivity contribution >= 4 is 29.1 Å². The van der Waals surface area contributed by atoms with Gasteiger partial charge in [-0.1, -0.05) is 22.8 Å². The van der Waals surface area contributed by atoms with E-state index >= 15 is 0 Å². The number of benzene rings is 2. The van der Waals surface area contributed by atoms with Crippen molar-refractivity contribution < 1.29 is 18.5 Å². The fourth-order valence-corrected chi connectivity index (χ4v) is 3.99. The van der Waals surface area contributed by atoms with Crippen molar-refractivity contribution in [1.82, 2.24) is 15.0 Å². The fraction of sp³-hybridized carbons (Fsp3) is 0.304. The minimum atomic E-state index is -0.468. The standard InChI is InChI=1S/C23H22ClFN4O3/c1-14(30)26-17-7-5-15(6-8-17)22-27-23(32-28-22)16-9-11-29(12-10-16)21(31)13-18-19(24)3-2-4-20(18)25/h2-8,16H,9-13H2,1H3,(H,26,30). The summed E-state index contributed by atoms with van der Waals surface area (Å²) in [7, 11) is 0. The minimum Gasteiger partial charge on any atom is -0.342 e. The monoisotopic (exact) mass is 456 g/mol. The quantitative estimate of drug-likeness (QED) is 0.613. The van der Waals surface area contributed by atoms with Crippen LogP contribution in [0, 0.1) is 5.82 Å². The summed E-state index contributed by atoms with van der Waals surface area (Å²) >= 11 is 6.04. The molecule has 1 N–H and O–H groups in total. The van der Waals surface area contributed by atoms with Gasteiger partial charge in [0.1, 0.15) is 5.82 Å². The molecule has 0 unspecified atom stereocenters. The van der Waals surface area contributed by atoms with E-state index < -0.39 is 5.82 Å². The summed E-state index contributed by atoms with van der Waals surface area (Å²) in [5, 5.41) is 7.04. The molecule has 1 fully saturated rings. The number of aromatic nitrogens is 2. The molecule has 0 aliphatic carbocycles. The van der Waals surface area contributed by atoms with Crippen molar-refractivity contribution in [2.75, 3.05) is 18.4 Å². The molecule has 0 spiro atoms. The Balaban J connectivity index is 1.35. The lowest BCUT2D eigenvalue weighted by atomic mass is 9.96. The number of likely N-dealkylation sites (tertiary alicyclic amines) is 1. The smallest absolute Gasteiger partial charge is 0.230 e. The number of carbonyl (C=O) groups excluding carboxylic acids is 2. The molecule has 0 bridgehead atoms. The topological polar surface area (TPSA) is 88.3 Å². The van der Waals surface area contributed by atoms with E-state index in [1.807, 2.05) is 12.1 Å². The maximum Gasteiger partial charge on any atom is 0.230 e. The van der Waals surface area contributed by atoms with Gasteiger partial charge in [0.25, 0.3) is 0 Å². The number of anilines is 1. The molecule has 7 nitrogen and oxygen atoms in total. The van der Waals surface area contributed by atoms with Crippen LogP contribution >= 0.6 is 11.6 Å². The molecule has 2 heterocycles. The molecular formula is C23H22ClFN4O3. The third-order valence-electron chi connectivity index (χ3n) is 5.49.